The molecule has 1 N–H and O–H groups in total. The van der Waals surface area contributed by atoms with Crippen LogP contribution in [0.1, 0.15) is 34.8 Å². The molecule has 0 amide bonds. The van der Waals surface area contributed by atoms with Crippen LogP contribution >= 0.6 is 35.3 Å². The zero-order valence-electron chi connectivity index (χ0n) is 17.2. The second kappa shape index (κ2) is 11.6. The van der Waals surface area contributed by atoms with Gasteiger partial charge in [0, 0.05) is 26.0 Å². The number of rotatable bonds is 7. The van der Waals surface area contributed by atoms with Crippen LogP contribution in [0, 0.1) is 6.92 Å². The number of nitrogens with zero attached hydrogens (tertiary/aromatic N) is 4. The molecule has 0 aliphatic heterocycles. The van der Waals surface area contributed by atoms with E-state index in [-0.39, 0.29) is 30.0 Å². The van der Waals surface area contributed by atoms with Gasteiger partial charge in [-0.05, 0) is 38.6 Å². The smallest absolute Gasteiger partial charge is 0.193 e. The summed E-state index contributed by atoms with van der Waals surface area (Å²) in [6.07, 6.45) is 1.07. The summed E-state index contributed by atoms with van der Waals surface area (Å²) >= 11 is 1.68. The minimum absolute atomic E-state index is 0. The van der Waals surface area contributed by atoms with E-state index in [2.05, 4.69) is 75.8 Å². The summed E-state index contributed by atoms with van der Waals surface area (Å²) in [6.45, 7) is 5.77. The van der Waals surface area contributed by atoms with Gasteiger partial charge in [-0.25, -0.2) is 4.98 Å². The first-order chi connectivity index (χ1) is 12.4. The summed E-state index contributed by atoms with van der Waals surface area (Å²) in [5.41, 5.74) is 3.76. The molecule has 0 aliphatic rings. The molecule has 0 saturated heterocycles. The van der Waals surface area contributed by atoms with Gasteiger partial charge in [0.15, 0.2) is 5.96 Å². The molecular weight excluding hydrogens is 469 g/mol. The highest BCUT2D eigenvalue weighted by atomic mass is 127. The number of guanidine groups is 1. The summed E-state index contributed by atoms with van der Waals surface area (Å²) in [4.78, 5) is 13.3. The second-order valence-electron chi connectivity index (χ2n) is 6.72. The Morgan fingerprint density at radius 3 is 2.37 bits per heavy atom. The van der Waals surface area contributed by atoms with Gasteiger partial charge in [-0.2, -0.15) is 0 Å². The molecule has 1 aromatic heterocycles. The Kier molecular flexibility index (Phi) is 10.3. The minimum Gasteiger partial charge on any atom is -0.354 e. The molecule has 2 rings (SSSR count). The van der Waals surface area contributed by atoms with Crippen molar-refractivity contribution in [3.8, 4) is 0 Å². The van der Waals surface area contributed by atoms with E-state index in [0.29, 0.717) is 0 Å². The van der Waals surface area contributed by atoms with Gasteiger partial charge < -0.3 is 15.1 Å². The van der Waals surface area contributed by atoms with E-state index in [0.717, 1.165) is 36.2 Å². The summed E-state index contributed by atoms with van der Waals surface area (Å²) in [5, 5.41) is 6.72. The standard InChI is InChI=1S/C20H31N5S.HI/c1-7-16-8-10-17(11-9-16)19(24(4)5)12-22-20(21-3)25(6)13-18-14-26-15(2)23-18;/h8-11,14,19H,7,12-13H2,1-6H3,(H,21,22);1H. The third kappa shape index (κ3) is 7.04. The van der Waals surface area contributed by atoms with Crippen LogP contribution in [0.3, 0.4) is 0 Å². The van der Waals surface area contributed by atoms with Crippen molar-refractivity contribution in [1.82, 2.24) is 20.1 Å². The van der Waals surface area contributed by atoms with Crippen LogP contribution in [0.5, 0.6) is 0 Å². The number of aryl methyl sites for hydroxylation is 2. The fourth-order valence-electron chi connectivity index (χ4n) is 2.95. The van der Waals surface area contributed by atoms with E-state index >= 15 is 0 Å². The summed E-state index contributed by atoms with van der Waals surface area (Å²) < 4.78 is 0. The SMILES string of the molecule is CCc1ccc(C(CNC(=NC)N(C)Cc2csc(C)n2)N(C)C)cc1.I. The number of aromatic nitrogens is 1. The predicted molar refractivity (Wildman–Crippen MR) is 127 cm³/mol. The summed E-state index contributed by atoms with van der Waals surface area (Å²) in [6, 6.07) is 9.19. The monoisotopic (exact) mass is 501 g/mol. The predicted octanol–water partition coefficient (Wildman–Crippen LogP) is 3.94. The van der Waals surface area contributed by atoms with Crippen LogP contribution in [0.25, 0.3) is 0 Å². The molecule has 0 radical (unpaired) electrons. The molecule has 1 heterocycles. The van der Waals surface area contributed by atoms with E-state index in [1.807, 2.05) is 21.0 Å². The average molecular weight is 501 g/mol. The molecule has 27 heavy (non-hydrogen) atoms. The maximum Gasteiger partial charge on any atom is 0.193 e. The van der Waals surface area contributed by atoms with Crippen LogP contribution in [0.2, 0.25) is 0 Å². The van der Waals surface area contributed by atoms with Gasteiger partial charge in [-0.1, -0.05) is 31.2 Å². The van der Waals surface area contributed by atoms with Gasteiger partial charge in [-0.15, -0.1) is 35.3 Å². The number of hydrogen-bond acceptors (Lipinski definition) is 4. The Morgan fingerprint density at radius 1 is 1.22 bits per heavy atom. The Hall–Kier alpha value is -1.19. The number of likely N-dealkylation sites (N-methyl/N-ethyl adjacent to an activating group) is 1. The normalized spacial score (nSPS) is 12.6. The lowest BCUT2D eigenvalue weighted by Gasteiger charge is -2.28. The summed E-state index contributed by atoms with van der Waals surface area (Å²) in [5.74, 6) is 0.882. The van der Waals surface area contributed by atoms with E-state index in [1.165, 1.54) is 11.1 Å². The lowest BCUT2D eigenvalue weighted by atomic mass is 10.0. The average Bonchev–Trinajstić information content (AvgIpc) is 3.03. The van der Waals surface area contributed by atoms with Gasteiger partial charge >= 0.3 is 0 Å². The van der Waals surface area contributed by atoms with Crippen LogP contribution in [0.15, 0.2) is 34.6 Å². The van der Waals surface area contributed by atoms with Crippen molar-refractivity contribution < 1.29 is 0 Å². The van der Waals surface area contributed by atoms with Crippen molar-refractivity contribution in [3.63, 3.8) is 0 Å². The Bertz CT molecular complexity index is 711. The molecule has 1 atom stereocenters. The lowest BCUT2D eigenvalue weighted by molar-refractivity contribution is 0.295. The highest BCUT2D eigenvalue weighted by molar-refractivity contribution is 14.0. The summed E-state index contributed by atoms with van der Waals surface area (Å²) in [7, 11) is 8.10. The number of halogens is 1. The van der Waals surface area contributed by atoms with E-state index in [4.69, 9.17) is 0 Å². The van der Waals surface area contributed by atoms with Crippen molar-refractivity contribution in [3.05, 3.63) is 51.5 Å². The molecule has 0 spiro atoms. The fraction of sp³-hybridized carbons (Fsp3) is 0.500. The number of nitrogens with one attached hydrogen (secondary N) is 1. The molecule has 1 aromatic carbocycles. The molecule has 5 nitrogen and oxygen atoms in total. The maximum absolute atomic E-state index is 4.54. The number of benzene rings is 1. The second-order valence-corrected chi connectivity index (χ2v) is 7.78. The van der Waals surface area contributed by atoms with Gasteiger partial charge in [0.1, 0.15) is 0 Å². The minimum atomic E-state index is 0. The zero-order valence-corrected chi connectivity index (χ0v) is 20.3. The molecule has 0 bridgehead atoms. The number of hydrogen-bond donors (Lipinski definition) is 1. The van der Waals surface area contributed by atoms with Crippen LogP contribution in [-0.4, -0.2) is 55.5 Å². The van der Waals surface area contributed by atoms with Crippen molar-refractivity contribution in [2.75, 3.05) is 34.7 Å². The van der Waals surface area contributed by atoms with E-state index in [1.54, 1.807) is 11.3 Å². The quantitative estimate of drug-likeness (QED) is 0.355. The van der Waals surface area contributed by atoms with Crippen LogP contribution in [0.4, 0.5) is 0 Å². The highest BCUT2D eigenvalue weighted by Crippen LogP contribution is 2.18. The first kappa shape index (κ1) is 23.8. The Morgan fingerprint density at radius 2 is 1.89 bits per heavy atom. The Balaban J connectivity index is 0.00000364. The van der Waals surface area contributed by atoms with E-state index < -0.39 is 0 Å². The zero-order chi connectivity index (χ0) is 19.1. The van der Waals surface area contributed by atoms with Crippen LogP contribution in [-0.2, 0) is 13.0 Å². The van der Waals surface area contributed by atoms with Crippen molar-refractivity contribution in [2.45, 2.75) is 32.9 Å². The molecule has 0 fully saturated rings. The lowest BCUT2D eigenvalue weighted by Crippen LogP contribution is -2.42. The molecule has 150 valence electrons. The molecule has 0 saturated carbocycles. The maximum atomic E-state index is 4.54. The number of aliphatic imine (C=N–C) groups is 1. The molecule has 1 unspecified atom stereocenters. The van der Waals surface area contributed by atoms with Gasteiger partial charge in [0.05, 0.1) is 23.3 Å². The molecule has 7 heteroatoms. The first-order valence-corrected chi connectivity index (χ1v) is 9.90. The molecule has 0 aliphatic carbocycles. The van der Waals surface area contributed by atoms with Crippen molar-refractivity contribution in [1.29, 1.82) is 0 Å². The fourth-order valence-corrected chi connectivity index (χ4v) is 3.55. The largest absolute Gasteiger partial charge is 0.354 e. The molecular formula is C20H32IN5S. The first-order valence-electron chi connectivity index (χ1n) is 9.02. The highest BCUT2D eigenvalue weighted by Gasteiger charge is 2.16. The number of thiazole rings is 1. The van der Waals surface area contributed by atoms with Gasteiger partial charge in [0.2, 0.25) is 0 Å². The third-order valence-electron chi connectivity index (χ3n) is 4.49. The van der Waals surface area contributed by atoms with Gasteiger partial charge in [-0.3, -0.25) is 4.99 Å². The third-order valence-corrected chi connectivity index (χ3v) is 5.31. The molecule has 2 aromatic rings. The Labute approximate surface area is 184 Å². The topological polar surface area (TPSA) is 43.8 Å². The van der Waals surface area contributed by atoms with E-state index in [9.17, 15) is 0 Å². The van der Waals surface area contributed by atoms with Crippen LogP contribution < -0.4 is 5.32 Å². The van der Waals surface area contributed by atoms with Gasteiger partial charge in [0.25, 0.3) is 0 Å². The van der Waals surface area contributed by atoms with Crippen molar-refractivity contribution >= 4 is 41.3 Å². The van der Waals surface area contributed by atoms with Crippen molar-refractivity contribution in [2.24, 2.45) is 4.99 Å².